The summed E-state index contributed by atoms with van der Waals surface area (Å²) >= 11 is -0.120. The van der Waals surface area contributed by atoms with E-state index >= 15 is 0 Å². The summed E-state index contributed by atoms with van der Waals surface area (Å²) in [6.45, 7) is 1.28. The van der Waals surface area contributed by atoms with E-state index in [1.165, 1.54) is 18.2 Å². The zero-order valence-electron chi connectivity index (χ0n) is 12.7. The molecule has 0 atom stereocenters. The van der Waals surface area contributed by atoms with Gasteiger partial charge in [-0.15, -0.1) is 0 Å². The molecule has 0 N–H and O–H groups in total. The van der Waals surface area contributed by atoms with E-state index in [1.54, 1.807) is 0 Å². The summed E-state index contributed by atoms with van der Waals surface area (Å²) in [6.07, 6.45) is 0.875. The minimum Gasteiger partial charge on any atom is -0.291 e. The SMILES string of the molecule is F/C(=C\CN1Cc2ccccc2C1)C(F)(F)Sc1ccccc1F. The lowest BCUT2D eigenvalue weighted by Crippen LogP contribution is -2.19. The average Bonchev–Trinajstić information content (AvgIpc) is 2.97. The van der Waals surface area contributed by atoms with Crippen molar-refractivity contribution < 1.29 is 17.6 Å². The summed E-state index contributed by atoms with van der Waals surface area (Å²) in [5, 5.41) is -3.80. The van der Waals surface area contributed by atoms with Gasteiger partial charge >= 0.3 is 5.25 Å². The molecule has 1 aliphatic rings. The summed E-state index contributed by atoms with van der Waals surface area (Å²) in [5.41, 5.74) is 2.25. The molecule has 0 fully saturated rings. The molecule has 2 aromatic rings. The minimum absolute atomic E-state index is 0.0773. The van der Waals surface area contributed by atoms with Crippen molar-refractivity contribution in [3.63, 3.8) is 0 Å². The summed E-state index contributed by atoms with van der Waals surface area (Å²) in [4.78, 5) is 1.59. The maximum absolute atomic E-state index is 14.0. The van der Waals surface area contributed by atoms with Crippen LogP contribution in [0.2, 0.25) is 0 Å². The second-order valence-electron chi connectivity index (χ2n) is 5.54. The molecule has 0 spiro atoms. The molecule has 0 aliphatic carbocycles. The number of benzene rings is 2. The van der Waals surface area contributed by atoms with Crippen LogP contribution in [0.25, 0.3) is 0 Å². The maximum Gasteiger partial charge on any atom is 0.349 e. The topological polar surface area (TPSA) is 3.24 Å². The van der Waals surface area contributed by atoms with Gasteiger partial charge in [0.25, 0.3) is 0 Å². The van der Waals surface area contributed by atoms with Crippen LogP contribution < -0.4 is 0 Å². The normalized spacial score (nSPS) is 15.6. The van der Waals surface area contributed by atoms with Crippen LogP contribution in [-0.4, -0.2) is 16.7 Å². The molecular formula is C18H15F4NS. The molecule has 0 radical (unpaired) electrons. The van der Waals surface area contributed by atoms with Gasteiger partial charge in [-0.2, -0.15) is 8.78 Å². The highest BCUT2D eigenvalue weighted by Gasteiger charge is 2.37. The first-order valence-corrected chi connectivity index (χ1v) is 8.24. The van der Waals surface area contributed by atoms with Gasteiger partial charge < -0.3 is 0 Å². The molecule has 1 aliphatic heterocycles. The van der Waals surface area contributed by atoms with E-state index in [9.17, 15) is 17.6 Å². The monoisotopic (exact) mass is 353 g/mol. The van der Waals surface area contributed by atoms with E-state index in [1.807, 2.05) is 29.2 Å². The number of nitrogens with zero attached hydrogens (tertiary/aromatic N) is 1. The molecule has 0 bridgehead atoms. The fourth-order valence-electron chi connectivity index (χ4n) is 2.58. The quantitative estimate of drug-likeness (QED) is 0.524. The molecule has 0 saturated heterocycles. The van der Waals surface area contributed by atoms with E-state index in [0.29, 0.717) is 13.1 Å². The van der Waals surface area contributed by atoms with Gasteiger partial charge in [-0.05, 0) is 41.1 Å². The Morgan fingerprint density at radius 3 is 2.25 bits per heavy atom. The predicted molar refractivity (Wildman–Crippen MR) is 87.0 cm³/mol. The molecule has 126 valence electrons. The largest absolute Gasteiger partial charge is 0.349 e. The fraction of sp³-hybridized carbons (Fsp3) is 0.222. The summed E-state index contributed by atoms with van der Waals surface area (Å²) < 4.78 is 55.3. The highest BCUT2D eigenvalue weighted by atomic mass is 32.2. The number of rotatable bonds is 5. The van der Waals surface area contributed by atoms with Gasteiger partial charge in [0.2, 0.25) is 0 Å². The standard InChI is InChI=1S/C18H15F4NS/c19-15-7-3-4-8-16(15)24-18(21,22)17(20)9-10-23-11-13-5-1-2-6-14(13)12-23/h1-9H,10-12H2/b17-9-. The third kappa shape index (κ3) is 3.82. The van der Waals surface area contributed by atoms with Crippen molar-refractivity contribution in [2.24, 2.45) is 0 Å². The van der Waals surface area contributed by atoms with Crippen LogP contribution in [0.3, 0.4) is 0 Å². The minimum atomic E-state index is -3.80. The summed E-state index contributed by atoms with van der Waals surface area (Å²) in [7, 11) is 0. The van der Waals surface area contributed by atoms with Crippen molar-refractivity contribution in [3.8, 4) is 0 Å². The highest BCUT2D eigenvalue weighted by Crippen LogP contribution is 2.42. The lowest BCUT2D eigenvalue weighted by atomic mass is 10.1. The fourth-order valence-corrected chi connectivity index (χ4v) is 3.34. The van der Waals surface area contributed by atoms with Crippen LogP contribution in [0.4, 0.5) is 17.6 Å². The molecule has 0 unspecified atom stereocenters. The lowest BCUT2D eigenvalue weighted by Gasteiger charge is -2.16. The van der Waals surface area contributed by atoms with Gasteiger partial charge in [0.05, 0.1) is 0 Å². The Kier molecular flexibility index (Phi) is 4.96. The van der Waals surface area contributed by atoms with E-state index in [4.69, 9.17) is 0 Å². The maximum atomic E-state index is 14.0. The number of fused-ring (bicyclic) bond motifs is 1. The van der Waals surface area contributed by atoms with Crippen molar-refractivity contribution in [2.45, 2.75) is 23.2 Å². The Morgan fingerprint density at radius 2 is 1.62 bits per heavy atom. The van der Waals surface area contributed by atoms with Crippen molar-refractivity contribution in [3.05, 3.63) is 77.4 Å². The van der Waals surface area contributed by atoms with Gasteiger partial charge in [-0.3, -0.25) is 4.90 Å². The summed E-state index contributed by atoms with van der Waals surface area (Å²) in [6, 6.07) is 12.9. The zero-order chi connectivity index (χ0) is 17.2. The van der Waals surface area contributed by atoms with Gasteiger partial charge in [0.1, 0.15) is 5.82 Å². The van der Waals surface area contributed by atoms with Gasteiger partial charge in [-0.25, -0.2) is 8.78 Å². The first-order chi connectivity index (χ1) is 11.5. The zero-order valence-corrected chi connectivity index (χ0v) is 13.5. The van der Waals surface area contributed by atoms with Crippen molar-refractivity contribution in [2.75, 3.05) is 6.54 Å². The first-order valence-electron chi connectivity index (χ1n) is 7.42. The Bertz CT molecular complexity index is 735. The molecule has 3 rings (SSSR count). The molecule has 2 aromatic carbocycles. The van der Waals surface area contributed by atoms with E-state index < -0.39 is 16.9 Å². The van der Waals surface area contributed by atoms with E-state index in [0.717, 1.165) is 23.3 Å². The van der Waals surface area contributed by atoms with Crippen LogP contribution in [0.5, 0.6) is 0 Å². The Labute approximate surface area is 142 Å². The smallest absolute Gasteiger partial charge is 0.291 e. The Hall–Kier alpha value is -1.79. The molecule has 1 nitrogen and oxygen atoms in total. The van der Waals surface area contributed by atoms with Gasteiger partial charge in [0.15, 0.2) is 5.83 Å². The molecule has 0 aromatic heterocycles. The van der Waals surface area contributed by atoms with Crippen LogP contribution >= 0.6 is 11.8 Å². The summed E-state index contributed by atoms with van der Waals surface area (Å²) in [5.74, 6) is -2.34. The van der Waals surface area contributed by atoms with Crippen LogP contribution in [0.1, 0.15) is 11.1 Å². The lowest BCUT2D eigenvalue weighted by molar-refractivity contribution is 0.117. The third-order valence-corrected chi connectivity index (χ3v) is 4.79. The highest BCUT2D eigenvalue weighted by molar-refractivity contribution is 8.00. The second-order valence-corrected chi connectivity index (χ2v) is 6.70. The Morgan fingerprint density at radius 1 is 1.04 bits per heavy atom. The van der Waals surface area contributed by atoms with Crippen molar-refractivity contribution in [1.82, 2.24) is 4.90 Å². The third-order valence-electron chi connectivity index (χ3n) is 3.79. The first kappa shape index (κ1) is 17.0. The molecule has 6 heteroatoms. The molecule has 1 heterocycles. The molecule has 0 saturated carbocycles. The Balaban J connectivity index is 1.64. The van der Waals surface area contributed by atoms with Crippen LogP contribution in [0, 0.1) is 5.82 Å². The second kappa shape index (κ2) is 6.99. The number of hydrogen-bond donors (Lipinski definition) is 0. The van der Waals surface area contributed by atoms with Crippen LogP contribution in [-0.2, 0) is 13.1 Å². The van der Waals surface area contributed by atoms with Crippen molar-refractivity contribution in [1.29, 1.82) is 0 Å². The number of halogens is 4. The van der Waals surface area contributed by atoms with Crippen LogP contribution in [0.15, 0.2) is 65.3 Å². The van der Waals surface area contributed by atoms with Gasteiger partial charge in [-0.1, -0.05) is 36.4 Å². The molecular weight excluding hydrogens is 338 g/mol. The molecule has 0 amide bonds. The number of hydrogen-bond acceptors (Lipinski definition) is 2. The van der Waals surface area contributed by atoms with E-state index in [2.05, 4.69) is 0 Å². The number of alkyl halides is 2. The predicted octanol–water partition coefficient (Wildman–Crippen LogP) is 5.38. The van der Waals surface area contributed by atoms with E-state index in [-0.39, 0.29) is 23.2 Å². The average molecular weight is 353 g/mol. The van der Waals surface area contributed by atoms with Gasteiger partial charge in [0, 0.05) is 24.5 Å². The molecule has 24 heavy (non-hydrogen) atoms. The number of thioether (sulfide) groups is 1. The van der Waals surface area contributed by atoms with Crippen molar-refractivity contribution >= 4 is 11.8 Å².